The second kappa shape index (κ2) is 7.21. The molecule has 0 saturated heterocycles. The molecule has 5 nitrogen and oxygen atoms in total. The first-order valence-electron chi connectivity index (χ1n) is 10.1. The summed E-state index contributed by atoms with van der Waals surface area (Å²) in [6.07, 6.45) is 10.3. The lowest BCUT2D eigenvalue weighted by molar-refractivity contribution is 0.0534. The number of rotatable bonds is 2. The largest absolute Gasteiger partial charge is 0.330 e. The predicted molar refractivity (Wildman–Crippen MR) is 108 cm³/mol. The first-order chi connectivity index (χ1) is 13.7. The summed E-state index contributed by atoms with van der Waals surface area (Å²) in [5.74, 6) is 0.510. The normalized spacial score (nSPS) is 20.3. The van der Waals surface area contributed by atoms with Gasteiger partial charge in [-0.05, 0) is 36.3 Å². The maximum atomic E-state index is 13.5. The number of amides is 1. The zero-order valence-electron chi connectivity index (χ0n) is 15.7. The maximum absolute atomic E-state index is 13.5. The Bertz CT molecular complexity index is 1020. The fourth-order valence-corrected chi connectivity index (χ4v) is 5.03. The lowest BCUT2D eigenvalue weighted by Gasteiger charge is -2.42. The van der Waals surface area contributed by atoms with Crippen LogP contribution in [0.3, 0.4) is 0 Å². The van der Waals surface area contributed by atoms with Crippen LogP contribution >= 0.6 is 11.6 Å². The smallest absolute Gasteiger partial charge is 0.274 e. The van der Waals surface area contributed by atoms with Crippen LogP contribution in [0.15, 0.2) is 42.7 Å². The molecule has 1 aliphatic heterocycles. The van der Waals surface area contributed by atoms with Crippen LogP contribution in [0.25, 0.3) is 5.65 Å². The summed E-state index contributed by atoms with van der Waals surface area (Å²) >= 11 is 6.02. The van der Waals surface area contributed by atoms with Crippen LogP contribution in [0.2, 0.25) is 5.02 Å². The van der Waals surface area contributed by atoms with Crippen molar-refractivity contribution in [2.75, 3.05) is 6.54 Å². The molecule has 1 aromatic carbocycles. The molecule has 1 atom stereocenters. The summed E-state index contributed by atoms with van der Waals surface area (Å²) in [6.45, 7) is 0.735. The summed E-state index contributed by atoms with van der Waals surface area (Å²) in [4.78, 5) is 19.8. The molecule has 0 N–H and O–H groups in total. The van der Waals surface area contributed by atoms with E-state index >= 15 is 0 Å². The van der Waals surface area contributed by atoms with E-state index < -0.39 is 0 Å². The second-order valence-electron chi connectivity index (χ2n) is 7.89. The van der Waals surface area contributed by atoms with Gasteiger partial charge in [0.25, 0.3) is 5.91 Å². The van der Waals surface area contributed by atoms with Crippen molar-refractivity contribution < 1.29 is 4.79 Å². The van der Waals surface area contributed by atoms with E-state index in [0.717, 1.165) is 13.0 Å². The van der Waals surface area contributed by atoms with Gasteiger partial charge in [0.2, 0.25) is 0 Å². The summed E-state index contributed by atoms with van der Waals surface area (Å²) < 4.78 is 1.59. The minimum absolute atomic E-state index is 0.00769. The maximum Gasteiger partial charge on any atom is 0.274 e. The van der Waals surface area contributed by atoms with Gasteiger partial charge >= 0.3 is 0 Å². The molecule has 1 unspecified atom stereocenters. The van der Waals surface area contributed by atoms with E-state index in [1.54, 1.807) is 23.0 Å². The minimum atomic E-state index is -0.00769. The first kappa shape index (κ1) is 17.7. The third-order valence-corrected chi connectivity index (χ3v) is 6.38. The van der Waals surface area contributed by atoms with E-state index in [4.69, 9.17) is 11.6 Å². The van der Waals surface area contributed by atoms with E-state index in [0.29, 0.717) is 22.3 Å². The number of carbonyl (C=O) groups excluding carboxylic acids is 1. The number of aromatic nitrogens is 3. The monoisotopic (exact) mass is 394 g/mol. The van der Waals surface area contributed by atoms with Gasteiger partial charge in [0.1, 0.15) is 0 Å². The number of hydrogen-bond donors (Lipinski definition) is 0. The molecular formula is C22H23ClN4O. The van der Waals surface area contributed by atoms with Gasteiger partial charge in [-0.1, -0.05) is 55.1 Å². The van der Waals surface area contributed by atoms with E-state index in [-0.39, 0.29) is 11.9 Å². The fourth-order valence-electron chi connectivity index (χ4n) is 4.89. The SMILES string of the molecule is O=C(c1cc2ncc(Cl)cn2n1)N1CCc2ccccc2C1C1CCCCC1. The van der Waals surface area contributed by atoms with Crippen molar-refractivity contribution in [3.8, 4) is 0 Å². The number of halogens is 1. The Kier molecular flexibility index (Phi) is 4.55. The molecule has 0 bridgehead atoms. The molecule has 3 aromatic rings. The molecular weight excluding hydrogens is 372 g/mol. The molecule has 1 fully saturated rings. The van der Waals surface area contributed by atoms with Gasteiger partial charge in [0.15, 0.2) is 11.3 Å². The summed E-state index contributed by atoms with van der Waals surface area (Å²) in [5, 5.41) is 4.96. The molecule has 5 rings (SSSR count). The number of hydrogen-bond acceptors (Lipinski definition) is 3. The van der Waals surface area contributed by atoms with E-state index in [9.17, 15) is 4.79 Å². The molecule has 2 aliphatic rings. The number of fused-ring (bicyclic) bond motifs is 2. The average molecular weight is 395 g/mol. The number of nitrogens with zero attached hydrogens (tertiary/aromatic N) is 4. The molecule has 3 heterocycles. The van der Waals surface area contributed by atoms with Crippen molar-refractivity contribution in [2.24, 2.45) is 5.92 Å². The van der Waals surface area contributed by atoms with Crippen LogP contribution in [0.5, 0.6) is 0 Å². The summed E-state index contributed by atoms with van der Waals surface area (Å²) in [5.41, 5.74) is 3.78. The highest BCUT2D eigenvalue weighted by atomic mass is 35.5. The van der Waals surface area contributed by atoms with Gasteiger partial charge < -0.3 is 4.90 Å². The van der Waals surface area contributed by atoms with E-state index in [1.165, 1.54) is 43.2 Å². The molecule has 0 spiro atoms. The van der Waals surface area contributed by atoms with Crippen molar-refractivity contribution in [3.05, 3.63) is 64.6 Å². The Labute approximate surface area is 169 Å². The van der Waals surface area contributed by atoms with Crippen molar-refractivity contribution in [2.45, 2.75) is 44.6 Å². The molecule has 6 heteroatoms. The number of carbonyl (C=O) groups is 1. The predicted octanol–water partition coefficient (Wildman–Crippen LogP) is 4.70. The van der Waals surface area contributed by atoms with Crippen LogP contribution < -0.4 is 0 Å². The Morgan fingerprint density at radius 3 is 2.82 bits per heavy atom. The fraction of sp³-hybridized carbons (Fsp3) is 0.409. The van der Waals surface area contributed by atoms with Crippen molar-refractivity contribution in [3.63, 3.8) is 0 Å². The Morgan fingerprint density at radius 2 is 1.96 bits per heavy atom. The highest BCUT2D eigenvalue weighted by Gasteiger charge is 2.37. The standard InChI is InChI=1S/C22H23ClN4O/c23-17-13-24-20-12-19(25-27(20)14-17)22(28)26-11-10-15-6-4-5-9-18(15)21(26)16-7-2-1-3-8-16/h4-6,9,12-14,16,21H,1-3,7-8,10-11H2. The summed E-state index contributed by atoms with van der Waals surface area (Å²) in [7, 11) is 0. The Morgan fingerprint density at radius 1 is 1.14 bits per heavy atom. The highest BCUT2D eigenvalue weighted by molar-refractivity contribution is 6.30. The lowest BCUT2D eigenvalue weighted by atomic mass is 9.77. The van der Waals surface area contributed by atoms with Crippen molar-refractivity contribution in [1.29, 1.82) is 0 Å². The van der Waals surface area contributed by atoms with Gasteiger partial charge in [-0.15, -0.1) is 0 Å². The molecule has 1 aliphatic carbocycles. The molecule has 1 saturated carbocycles. The van der Waals surface area contributed by atoms with Gasteiger partial charge in [-0.2, -0.15) is 5.10 Å². The molecule has 0 radical (unpaired) electrons. The van der Waals surface area contributed by atoms with Gasteiger partial charge in [0, 0.05) is 18.8 Å². The quantitative estimate of drug-likeness (QED) is 0.632. The molecule has 28 heavy (non-hydrogen) atoms. The van der Waals surface area contributed by atoms with Crippen molar-refractivity contribution in [1.82, 2.24) is 19.5 Å². The van der Waals surface area contributed by atoms with E-state index in [1.807, 2.05) is 0 Å². The number of benzene rings is 1. The van der Waals surface area contributed by atoms with E-state index in [2.05, 4.69) is 39.2 Å². The molecule has 2 aromatic heterocycles. The Hall–Kier alpha value is -2.40. The van der Waals surface area contributed by atoms with Crippen LogP contribution in [0.1, 0.15) is 59.8 Å². The van der Waals surface area contributed by atoms with Crippen molar-refractivity contribution >= 4 is 23.2 Å². The molecule has 1 amide bonds. The third-order valence-electron chi connectivity index (χ3n) is 6.19. The van der Waals surface area contributed by atoms with Crippen LogP contribution in [0.4, 0.5) is 0 Å². The van der Waals surface area contributed by atoms with Gasteiger partial charge in [-0.25, -0.2) is 9.50 Å². The van der Waals surface area contributed by atoms with Gasteiger partial charge in [-0.3, -0.25) is 4.79 Å². The van der Waals surface area contributed by atoms with Crippen LogP contribution in [0, 0.1) is 5.92 Å². The highest BCUT2D eigenvalue weighted by Crippen LogP contribution is 2.42. The average Bonchev–Trinajstić information content (AvgIpc) is 3.16. The second-order valence-corrected chi connectivity index (χ2v) is 8.33. The zero-order valence-corrected chi connectivity index (χ0v) is 16.5. The van der Waals surface area contributed by atoms with Crippen LogP contribution in [-0.2, 0) is 6.42 Å². The van der Waals surface area contributed by atoms with Crippen LogP contribution in [-0.4, -0.2) is 31.9 Å². The van der Waals surface area contributed by atoms with Gasteiger partial charge in [0.05, 0.1) is 17.3 Å². The first-order valence-corrected chi connectivity index (χ1v) is 10.5. The lowest BCUT2D eigenvalue weighted by Crippen LogP contribution is -2.43. The topological polar surface area (TPSA) is 50.5 Å². The third kappa shape index (κ3) is 3.08. The zero-order chi connectivity index (χ0) is 19.1. The molecule has 144 valence electrons. The minimum Gasteiger partial charge on any atom is -0.330 e. The Balaban J connectivity index is 1.53. The summed E-state index contributed by atoms with van der Waals surface area (Å²) in [6, 6.07) is 10.5.